The molecule has 2 nitrogen and oxygen atoms in total. The monoisotopic (exact) mass is 304 g/mol. The molecule has 0 bridgehead atoms. The fourth-order valence-corrected chi connectivity index (χ4v) is 5.14. The van der Waals surface area contributed by atoms with Gasteiger partial charge in [-0.05, 0) is 42.4 Å². The maximum atomic E-state index is 14.8. The second-order valence-electron chi connectivity index (χ2n) is 7.68. The van der Waals surface area contributed by atoms with Crippen LogP contribution in [0.4, 0.5) is 8.78 Å². The van der Waals surface area contributed by atoms with E-state index in [1.807, 2.05) is 13.8 Å². The van der Waals surface area contributed by atoms with Crippen LogP contribution in [-0.4, -0.2) is 28.8 Å². The second-order valence-corrected chi connectivity index (χ2v) is 7.68. The normalized spacial score (nSPS) is 44.1. The summed E-state index contributed by atoms with van der Waals surface area (Å²) in [5.41, 5.74) is -0.262. The molecule has 2 N–H and O–H groups in total. The first-order chi connectivity index (χ1) is 9.76. The van der Waals surface area contributed by atoms with Crippen LogP contribution >= 0.6 is 0 Å². The van der Waals surface area contributed by atoms with Crippen molar-refractivity contribution in [2.45, 2.75) is 71.3 Å². The van der Waals surface area contributed by atoms with E-state index in [1.165, 1.54) is 0 Å². The number of fused-ring (bicyclic) bond motifs is 1. The summed E-state index contributed by atoms with van der Waals surface area (Å²) in [6.45, 7) is 5.82. The summed E-state index contributed by atoms with van der Waals surface area (Å²) in [6, 6.07) is 0. The van der Waals surface area contributed by atoms with Gasteiger partial charge in [0.2, 0.25) is 0 Å². The van der Waals surface area contributed by atoms with Gasteiger partial charge in [-0.25, -0.2) is 8.78 Å². The van der Waals surface area contributed by atoms with Crippen molar-refractivity contribution in [1.82, 2.24) is 0 Å². The van der Waals surface area contributed by atoms with E-state index in [2.05, 4.69) is 6.92 Å². The van der Waals surface area contributed by atoms with Crippen molar-refractivity contribution in [3.8, 4) is 0 Å². The summed E-state index contributed by atoms with van der Waals surface area (Å²) in [5, 5.41) is 19.7. The van der Waals surface area contributed by atoms with Gasteiger partial charge in [-0.2, -0.15) is 0 Å². The first-order valence-electron chi connectivity index (χ1n) is 8.43. The van der Waals surface area contributed by atoms with Gasteiger partial charge in [0, 0.05) is 18.9 Å². The lowest BCUT2D eigenvalue weighted by atomic mass is 9.49. The average Bonchev–Trinajstić information content (AvgIpc) is 2.38. The lowest BCUT2D eigenvalue weighted by molar-refractivity contribution is -0.216. The minimum absolute atomic E-state index is 0.0771. The number of hydrogen-bond acceptors (Lipinski definition) is 2. The minimum atomic E-state index is -2.73. The molecule has 0 saturated heterocycles. The van der Waals surface area contributed by atoms with Crippen LogP contribution in [-0.2, 0) is 0 Å². The number of halogens is 2. The van der Waals surface area contributed by atoms with Crippen molar-refractivity contribution in [2.75, 3.05) is 6.61 Å². The highest BCUT2D eigenvalue weighted by Crippen LogP contribution is 2.61. The van der Waals surface area contributed by atoms with Crippen molar-refractivity contribution in [1.29, 1.82) is 0 Å². The molecule has 4 heteroatoms. The first-order valence-corrected chi connectivity index (χ1v) is 8.43. The van der Waals surface area contributed by atoms with Gasteiger partial charge in [0.25, 0.3) is 5.92 Å². The summed E-state index contributed by atoms with van der Waals surface area (Å²) in [7, 11) is 0. The molecule has 6 atom stereocenters. The van der Waals surface area contributed by atoms with E-state index in [-0.39, 0.29) is 36.2 Å². The molecule has 2 rings (SSSR count). The smallest absolute Gasteiger partial charge is 0.251 e. The predicted octanol–water partition coefficient (Wildman–Crippen LogP) is 3.85. The molecule has 2 aliphatic rings. The van der Waals surface area contributed by atoms with E-state index in [9.17, 15) is 19.0 Å². The van der Waals surface area contributed by atoms with Crippen molar-refractivity contribution >= 4 is 0 Å². The Morgan fingerprint density at radius 1 is 1.33 bits per heavy atom. The fourth-order valence-electron chi connectivity index (χ4n) is 5.14. The van der Waals surface area contributed by atoms with E-state index in [0.717, 1.165) is 19.3 Å². The number of rotatable bonds is 4. The van der Waals surface area contributed by atoms with Crippen LogP contribution in [0.3, 0.4) is 0 Å². The van der Waals surface area contributed by atoms with Gasteiger partial charge >= 0.3 is 0 Å². The second kappa shape index (κ2) is 6.11. The first kappa shape index (κ1) is 17.1. The maximum Gasteiger partial charge on any atom is 0.251 e. The Balaban J connectivity index is 2.33. The van der Waals surface area contributed by atoms with E-state index in [1.54, 1.807) is 0 Å². The largest absolute Gasteiger partial charge is 0.396 e. The molecule has 2 aliphatic carbocycles. The molecule has 0 aromatic carbocycles. The Kier molecular flexibility index (Phi) is 4.99. The highest BCUT2D eigenvalue weighted by molar-refractivity contribution is 5.05. The number of hydrogen-bond donors (Lipinski definition) is 2. The zero-order valence-corrected chi connectivity index (χ0v) is 13.5. The molecular formula is C17H30F2O2. The summed E-state index contributed by atoms with van der Waals surface area (Å²) in [4.78, 5) is 0. The summed E-state index contributed by atoms with van der Waals surface area (Å²) in [5.74, 6) is -4.09. The van der Waals surface area contributed by atoms with E-state index in [4.69, 9.17) is 0 Å². The van der Waals surface area contributed by atoms with Crippen molar-refractivity contribution < 1.29 is 19.0 Å². The average molecular weight is 304 g/mol. The highest BCUT2D eigenvalue weighted by Gasteiger charge is 2.61. The van der Waals surface area contributed by atoms with Gasteiger partial charge < -0.3 is 10.2 Å². The zero-order chi connectivity index (χ0) is 15.8. The van der Waals surface area contributed by atoms with Crippen molar-refractivity contribution in [2.24, 2.45) is 29.1 Å². The molecule has 2 saturated carbocycles. The van der Waals surface area contributed by atoms with E-state index in [0.29, 0.717) is 12.8 Å². The molecule has 2 fully saturated rings. The zero-order valence-electron chi connectivity index (χ0n) is 13.5. The van der Waals surface area contributed by atoms with Crippen LogP contribution in [0.25, 0.3) is 0 Å². The van der Waals surface area contributed by atoms with Gasteiger partial charge in [-0.15, -0.1) is 0 Å². The summed E-state index contributed by atoms with van der Waals surface area (Å²) < 4.78 is 29.5. The molecule has 0 aromatic heterocycles. The number of alkyl halides is 2. The van der Waals surface area contributed by atoms with Crippen LogP contribution in [0, 0.1) is 29.1 Å². The minimum Gasteiger partial charge on any atom is -0.396 e. The predicted molar refractivity (Wildman–Crippen MR) is 79.2 cm³/mol. The fraction of sp³-hybridized carbons (Fsp3) is 1.00. The van der Waals surface area contributed by atoms with Crippen molar-refractivity contribution in [3.05, 3.63) is 0 Å². The topological polar surface area (TPSA) is 40.5 Å². The maximum absolute atomic E-state index is 14.8. The third kappa shape index (κ3) is 2.98. The van der Waals surface area contributed by atoms with E-state index >= 15 is 0 Å². The lowest BCUT2D eigenvalue weighted by Gasteiger charge is -2.57. The molecular weight excluding hydrogens is 274 g/mol. The molecule has 0 amide bonds. The van der Waals surface area contributed by atoms with Crippen LogP contribution in [0.15, 0.2) is 0 Å². The van der Waals surface area contributed by atoms with Crippen LogP contribution in [0.5, 0.6) is 0 Å². The third-order valence-electron chi connectivity index (χ3n) is 6.35. The Morgan fingerprint density at radius 3 is 2.57 bits per heavy atom. The van der Waals surface area contributed by atoms with E-state index < -0.39 is 17.9 Å². The standard InChI is InChI=1S/C17H30F2O2/c1-4-5-11(2)15-14(10-20)16(3)7-6-13(21)8-12(16)9-17(15,18)19/h11-15,20-21H,4-10H2,1-3H3/t11?,12-,13+,14?,15?,16-/m0/s1. The molecule has 0 aromatic rings. The highest BCUT2D eigenvalue weighted by atomic mass is 19.3. The summed E-state index contributed by atoms with van der Waals surface area (Å²) in [6.07, 6.45) is 2.96. The van der Waals surface area contributed by atoms with Crippen LogP contribution in [0.2, 0.25) is 0 Å². The molecule has 0 spiro atoms. The van der Waals surface area contributed by atoms with Gasteiger partial charge in [-0.3, -0.25) is 0 Å². The lowest BCUT2D eigenvalue weighted by Crippen LogP contribution is -2.58. The SMILES string of the molecule is CCCC(C)C1C(CO)[C@@]2(C)CC[C@@H](O)C[C@H]2CC1(F)F. The Bertz CT molecular complexity index is 361. The van der Waals surface area contributed by atoms with Gasteiger partial charge in [0.05, 0.1) is 6.10 Å². The van der Waals surface area contributed by atoms with Gasteiger partial charge in [0.15, 0.2) is 0 Å². The number of aliphatic hydroxyl groups is 2. The molecule has 0 radical (unpaired) electrons. The van der Waals surface area contributed by atoms with Crippen molar-refractivity contribution in [3.63, 3.8) is 0 Å². The van der Waals surface area contributed by atoms with Crippen LogP contribution in [0.1, 0.15) is 59.3 Å². The third-order valence-corrected chi connectivity index (χ3v) is 6.35. The summed E-state index contributed by atoms with van der Waals surface area (Å²) >= 11 is 0. The Morgan fingerprint density at radius 2 is 2.00 bits per heavy atom. The number of aliphatic hydroxyl groups excluding tert-OH is 2. The molecule has 0 heterocycles. The molecule has 0 aliphatic heterocycles. The van der Waals surface area contributed by atoms with Gasteiger partial charge in [-0.1, -0.05) is 33.6 Å². The Hall–Kier alpha value is -0.220. The molecule has 124 valence electrons. The quantitative estimate of drug-likeness (QED) is 0.828. The van der Waals surface area contributed by atoms with Gasteiger partial charge in [0.1, 0.15) is 0 Å². The molecule has 21 heavy (non-hydrogen) atoms. The van der Waals surface area contributed by atoms with Crippen LogP contribution < -0.4 is 0 Å². The Labute approximate surface area is 126 Å². The molecule has 3 unspecified atom stereocenters.